The van der Waals surface area contributed by atoms with Crippen LogP contribution in [0.5, 0.6) is 0 Å². The number of rotatable bonds is 3. The molecular formula is C17H21F2N3O2. The lowest BCUT2D eigenvalue weighted by atomic mass is 10.1. The summed E-state index contributed by atoms with van der Waals surface area (Å²) in [5, 5.41) is 0. The Hall–Kier alpha value is -2.02. The second-order valence-corrected chi connectivity index (χ2v) is 6.31. The molecule has 0 bridgehead atoms. The lowest BCUT2D eigenvalue weighted by molar-refractivity contribution is -0.131. The van der Waals surface area contributed by atoms with E-state index < -0.39 is 11.6 Å². The maximum absolute atomic E-state index is 13.2. The van der Waals surface area contributed by atoms with Crippen molar-refractivity contribution >= 4 is 11.8 Å². The number of hydrogen-bond donors (Lipinski definition) is 0. The lowest BCUT2D eigenvalue weighted by Crippen LogP contribution is -2.51. The Labute approximate surface area is 139 Å². The number of likely N-dealkylation sites (tertiary alicyclic amines) is 1. The van der Waals surface area contributed by atoms with Crippen molar-refractivity contribution in [3.8, 4) is 0 Å². The number of hydrogen-bond acceptors (Lipinski definition) is 3. The van der Waals surface area contributed by atoms with Crippen molar-refractivity contribution in [3.05, 3.63) is 35.4 Å². The van der Waals surface area contributed by atoms with Gasteiger partial charge in [-0.1, -0.05) is 0 Å². The Morgan fingerprint density at radius 3 is 2.00 bits per heavy atom. The first-order chi connectivity index (χ1) is 11.5. The highest BCUT2D eigenvalue weighted by atomic mass is 19.1. The first-order valence-corrected chi connectivity index (χ1v) is 8.28. The fourth-order valence-corrected chi connectivity index (χ4v) is 3.23. The lowest BCUT2D eigenvalue weighted by Gasteiger charge is -2.35. The molecule has 0 unspecified atom stereocenters. The predicted octanol–water partition coefficient (Wildman–Crippen LogP) is 1.34. The van der Waals surface area contributed by atoms with Crippen LogP contribution in [0, 0.1) is 11.6 Å². The van der Waals surface area contributed by atoms with Crippen LogP contribution in [-0.4, -0.2) is 72.3 Å². The summed E-state index contributed by atoms with van der Waals surface area (Å²) in [4.78, 5) is 30.0. The molecule has 2 fully saturated rings. The van der Waals surface area contributed by atoms with Gasteiger partial charge in [0.05, 0.1) is 6.54 Å². The summed E-state index contributed by atoms with van der Waals surface area (Å²) in [5.41, 5.74) is 0.0223. The molecule has 2 heterocycles. The van der Waals surface area contributed by atoms with Gasteiger partial charge in [-0.2, -0.15) is 0 Å². The fourth-order valence-electron chi connectivity index (χ4n) is 3.23. The zero-order chi connectivity index (χ0) is 17.1. The molecule has 0 saturated carbocycles. The number of piperazine rings is 1. The van der Waals surface area contributed by atoms with Crippen molar-refractivity contribution in [1.29, 1.82) is 0 Å². The highest BCUT2D eigenvalue weighted by Gasteiger charge is 2.26. The summed E-state index contributed by atoms with van der Waals surface area (Å²) in [6.07, 6.45) is 2.14. The summed E-state index contributed by atoms with van der Waals surface area (Å²) in [6, 6.07) is 2.85. The van der Waals surface area contributed by atoms with E-state index in [-0.39, 0.29) is 17.4 Å². The van der Waals surface area contributed by atoms with E-state index >= 15 is 0 Å². The monoisotopic (exact) mass is 337 g/mol. The van der Waals surface area contributed by atoms with E-state index in [2.05, 4.69) is 0 Å². The van der Waals surface area contributed by atoms with Crippen molar-refractivity contribution in [2.24, 2.45) is 0 Å². The highest BCUT2D eigenvalue weighted by molar-refractivity contribution is 5.94. The van der Waals surface area contributed by atoms with Gasteiger partial charge < -0.3 is 9.80 Å². The second kappa shape index (κ2) is 7.25. The van der Waals surface area contributed by atoms with Gasteiger partial charge in [0, 0.05) is 50.9 Å². The molecular weight excluding hydrogens is 316 g/mol. The first-order valence-electron chi connectivity index (χ1n) is 8.28. The first kappa shape index (κ1) is 16.8. The van der Waals surface area contributed by atoms with Crippen LogP contribution in [0.3, 0.4) is 0 Å². The second-order valence-electron chi connectivity index (χ2n) is 6.31. The van der Waals surface area contributed by atoms with E-state index in [1.165, 1.54) is 0 Å². The number of benzene rings is 1. The number of halogens is 2. The van der Waals surface area contributed by atoms with Gasteiger partial charge in [-0.05, 0) is 25.0 Å². The van der Waals surface area contributed by atoms with Crippen molar-refractivity contribution in [3.63, 3.8) is 0 Å². The normalized spacial score (nSPS) is 18.9. The van der Waals surface area contributed by atoms with Crippen molar-refractivity contribution in [2.75, 3.05) is 45.8 Å². The van der Waals surface area contributed by atoms with Gasteiger partial charge in [0.15, 0.2) is 0 Å². The average molecular weight is 337 g/mol. The molecule has 2 aliphatic heterocycles. The van der Waals surface area contributed by atoms with E-state index in [0.717, 1.165) is 44.1 Å². The minimum absolute atomic E-state index is 0.0223. The number of nitrogens with zero attached hydrogens (tertiary/aromatic N) is 3. The third kappa shape index (κ3) is 3.90. The van der Waals surface area contributed by atoms with Crippen LogP contribution in [-0.2, 0) is 4.79 Å². The zero-order valence-electron chi connectivity index (χ0n) is 13.5. The molecule has 2 amide bonds. The maximum atomic E-state index is 13.2. The summed E-state index contributed by atoms with van der Waals surface area (Å²) < 4.78 is 26.5. The molecule has 0 aliphatic carbocycles. The average Bonchev–Trinajstić information content (AvgIpc) is 3.08. The van der Waals surface area contributed by atoms with E-state index in [4.69, 9.17) is 0 Å². The van der Waals surface area contributed by atoms with Crippen LogP contribution >= 0.6 is 0 Å². The summed E-state index contributed by atoms with van der Waals surface area (Å²) >= 11 is 0. The molecule has 5 nitrogen and oxygen atoms in total. The van der Waals surface area contributed by atoms with E-state index in [0.29, 0.717) is 32.7 Å². The largest absolute Gasteiger partial charge is 0.342 e. The maximum Gasteiger partial charge on any atom is 0.254 e. The van der Waals surface area contributed by atoms with E-state index in [9.17, 15) is 18.4 Å². The molecule has 1 aromatic carbocycles. The quantitative estimate of drug-likeness (QED) is 0.836. The van der Waals surface area contributed by atoms with Crippen LogP contribution in [0.2, 0.25) is 0 Å². The van der Waals surface area contributed by atoms with Crippen molar-refractivity contribution in [2.45, 2.75) is 12.8 Å². The molecule has 0 atom stereocenters. The Kier molecular flexibility index (Phi) is 5.08. The Balaban J connectivity index is 1.52. The molecule has 0 N–H and O–H groups in total. The number of amides is 2. The van der Waals surface area contributed by atoms with E-state index in [1.807, 2.05) is 9.80 Å². The van der Waals surface area contributed by atoms with Gasteiger partial charge in [0.2, 0.25) is 5.91 Å². The molecule has 3 rings (SSSR count). The van der Waals surface area contributed by atoms with Gasteiger partial charge in [-0.3, -0.25) is 14.5 Å². The van der Waals surface area contributed by atoms with Gasteiger partial charge in [-0.25, -0.2) is 8.78 Å². The SMILES string of the molecule is O=C(CN1CCN(C(=O)c2cc(F)cc(F)c2)CC1)N1CCCC1. The van der Waals surface area contributed by atoms with Crippen molar-refractivity contribution in [1.82, 2.24) is 14.7 Å². The van der Waals surface area contributed by atoms with Crippen LogP contribution in [0.4, 0.5) is 8.78 Å². The third-order valence-electron chi connectivity index (χ3n) is 4.59. The third-order valence-corrected chi connectivity index (χ3v) is 4.59. The Bertz CT molecular complexity index is 604. The highest BCUT2D eigenvalue weighted by Crippen LogP contribution is 2.13. The van der Waals surface area contributed by atoms with Gasteiger partial charge in [0.1, 0.15) is 11.6 Å². The fraction of sp³-hybridized carbons (Fsp3) is 0.529. The molecule has 2 saturated heterocycles. The van der Waals surface area contributed by atoms with Crippen LogP contribution in [0.1, 0.15) is 23.2 Å². The van der Waals surface area contributed by atoms with Gasteiger partial charge in [-0.15, -0.1) is 0 Å². The summed E-state index contributed by atoms with van der Waals surface area (Å²) in [6.45, 7) is 4.11. The Morgan fingerprint density at radius 1 is 0.833 bits per heavy atom. The molecule has 1 aromatic rings. The minimum Gasteiger partial charge on any atom is -0.342 e. The minimum atomic E-state index is -0.756. The molecule has 0 aromatic heterocycles. The number of carbonyl (C=O) groups excluding carboxylic acids is 2. The molecule has 7 heteroatoms. The van der Waals surface area contributed by atoms with Crippen LogP contribution in [0.25, 0.3) is 0 Å². The molecule has 0 radical (unpaired) electrons. The van der Waals surface area contributed by atoms with Crippen molar-refractivity contribution < 1.29 is 18.4 Å². The zero-order valence-corrected chi connectivity index (χ0v) is 13.5. The predicted molar refractivity (Wildman–Crippen MR) is 84.5 cm³/mol. The summed E-state index contributed by atoms with van der Waals surface area (Å²) in [7, 11) is 0. The summed E-state index contributed by atoms with van der Waals surface area (Å²) in [5.74, 6) is -1.75. The van der Waals surface area contributed by atoms with E-state index in [1.54, 1.807) is 4.90 Å². The van der Waals surface area contributed by atoms with Gasteiger partial charge in [0.25, 0.3) is 5.91 Å². The van der Waals surface area contributed by atoms with Gasteiger partial charge >= 0.3 is 0 Å². The molecule has 130 valence electrons. The molecule has 24 heavy (non-hydrogen) atoms. The topological polar surface area (TPSA) is 43.9 Å². The molecule has 0 spiro atoms. The Morgan fingerprint density at radius 2 is 1.42 bits per heavy atom. The number of carbonyl (C=O) groups is 2. The molecule has 2 aliphatic rings. The smallest absolute Gasteiger partial charge is 0.254 e. The van der Waals surface area contributed by atoms with Crippen LogP contribution in [0.15, 0.2) is 18.2 Å². The van der Waals surface area contributed by atoms with Crippen LogP contribution < -0.4 is 0 Å². The standard InChI is InChI=1S/C17H21F2N3O2/c18-14-9-13(10-15(19)11-14)17(24)22-7-5-20(6-8-22)12-16(23)21-3-1-2-4-21/h9-11H,1-8,12H2.